The number of hydrogen-bond donors (Lipinski definition) is 0. The quantitative estimate of drug-likeness (QED) is 0.849. The van der Waals surface area contributed by atoms with Crippen molar-refractivity contribution >= 4 is 0 Å². The average Bonchev–Trinajstić information content (AvgIpc) is 3.08. The second kappa shape index (κ2) is 5.41. The summed E-state index contributed by atoms with van der Waals surface area (Å²) in [6, 6.07) is 9.44. The third-order valence-corrected chi connectivity index (χ3v) is 4.38. The summed E-state index contributed by atoms with van der Waals surface area (Å²) in [5.41, 5.74) is 5.02. The van der Waals surface area contributed by atoms with Crippen LogP contribution in [0.15, 0.2) is 30.5 Å². The van der Waals surface area contributed by atoms with E-state index < -0.39 is 0 Å². The Morgan fingerprint density at radius 2 is 1.95 bits per heavy atom. The molecule has 3 heteroatoms. The van der Waals surface area contributed by atoms with Gasteiger partial charge in [0.1, 0.15) is 0 Å². The molecule has 3 rings (SSSR count). The van der Waals surface area contributed by atoms with Gasteiger partial charge in [-0.15, -0.1) is 0 Å². The molecule has 1 aromatic heterocycles. The molecule has 3 nitrogen and oxygen atoms in total. The van der Waals surface area contributed by atoms with E-state index in [0.717, 1.165) is 5.69 Å². The lowest BCUT2D eigenvalue weighted by atomic mass is 10.00. The molecule has 20 heavy (non-hydrogen) atoms. The average molecular weight is 269 g/mol. The number of likely N-dealkylation sites (tertiary alicyclic amines) is 1. The monoisotopic (exact) mass is 269 g/mol. The minimum atomic E-state index is 0.509. The first-order valence-corrected chi connectivity index (χ1v) is 7.50. The summed E-state index contributed by atoms with van der Waals surface area (Å²) in [6.45, 7) is 6.86. The molecule has 0 saturated carbocycles. The number of benzene rings is 1. The molecule has 2 heterocycles. The molecule has 0 unspecified atom stereocenters. The zero-order valence-electron chi connectivity index (χ0n) is 12.6. The minimum absolute atomic E-state index is 0.509. The fourth-order valence-electron chi connectivity index (χ4n) is 3.19. The highest BCUT2D eigenvalue weighted by molar-refractivity contribution is 5.65. The molecule has 0 amide bonds. The summed E-state index contributed by atoms with van der Waals surface area (Å²) in [6.07, 6.45) is 4.78. The van der Waals surface area contributed by atoms with Crippen molar-refractivity contribution in [1.82, 2.24) is 14.7 Å². The Morgan fingerprint density at radius 3 is 2.60 bits per heavy atom. The van der Waals surface area contributed by atoms with E-state index >= 15 is 0 Å². The summed E-state index contributed by atoms with van der Waals surface area (Å²) in [5, 5.41) is 4.45. The van der Waals surface area contributed by atoms with Crippen molar-refractivity contribution in [2.45, 2.75) is 32.7 Å². The van der Waals surface area contributed by atoms with Crippen molar-refractivity contribution in [3.05, 3.63) is 41.7 Å². The van der Waals surface area contributed by atoms with Gasteiger partial charge in [0.15, 0.2) is 0 Å². The lowest BCUT2D eigenvalue weighted by Crippen LogP contribution is -2.23. The van der Waals surface area contributed by atoms with Crippen LogP contribution in [0.2, 0.25) is 0 Å². The van der Waals surface area contributed by atoms with E-state index in [1.54, 1.807) is 0 Å². The van der Waals surface area contributed by atoms with Crippen LogP contribution in [0.1, 0.15) is 37.1 Å². The Labute approximate surface area is 121 Å². The molecule has 0 N–H and O–H groups in total. The van der Waals surface area contributed by atoms with E-state index in [1.807, 2.05) is 11.7 Å². The van der Waals surface area contributed by atoms with Crippen molar-refractivity contribution in [3.8, 4) is 11.1 Å². The molecule has 0 bridgehead atoms. The highest BCUT2D eigenvalue weighted by Crippen LogP contribution is 2.29. The first-order chi connectivity index (χ1) is 9.65. The van der Waals surface area contributed by atoms with Gasteiger partial charge in [-0.25, -0.2) is 0 Å². The van der Waals surface area contributed by atoms with Crippen LogP contribution in [-0.4, -0.2) is 27.8 Å². The Balaban J connectivity index is 1.91. The van der Waals surface area contributed by atoms with Crippen molar-refractivity contribution in [1.29, 1.82) is 0 Å². The van der Waals surface area contributed by atoms with E-state index in [1.165, 1.54) is 42.6 Å². The van der Waals surface area contributed by atoms with Crippen LogP contribution in [0.4, 0.5) is 0 Å². The van der Waals surface area contributed by atoms with Gasteiger partial charge in [-0.2, -0.15) is 5.10 Å². The predicted octanol–water partition coefficient (Wildman–Crippen LogP) is 3.55. The molecule has 0 radical (unpaired) electrons. The van der Waals surface area contributed by atoms with Crippen molar-refractivity contribution in [3.63, 3.8) is 0 Å². The van der Waals surface area contributed by atoms with Crippen LogP contribution in [0.25, 0.3) is 11.1 Å². The number of hydrogen-bond acceptors (Lipinski definition) is 2. The van der Waals surface area contributed by atoms with E-state index in [0.29, 0.717) is 6.04 Å². The lowest BCUT2D eigenvalue weighted by molar-refractivity contribution is 0.263. The molecule has 1 aliphatic rings. The molecule has 2 aromatic rings. The zero-order chi connectivity index (χ0) is 14.1. The third kappa shape index (κ3) is 2.50. The van der Waals surface area contributed by atoms with E-state index in [4.69, 9.17) is 0 Å². The van der Waals surface area contributed by atoms with Crippen molar-refractivity contribution in [2.75, 3.05) is 13.1 Å². The largest absolute Gasteiger partial charge is 0.297 e. The van der Waals surface area contributed by atoms with Gasteiger partial charge in [0, 0.05) is 24.8 Å². The maximum Gasteiger partial charge on any atom is 0.0671 e. The normalized spacial score (nSPS) is 17.6. The maximum absolute atomic E-state index is 4.45. The van der Waals surface area contributed by atoms with Gasteiger partial charge in [0.05, 0.1) is 5.69 Å². The lowest BCUT2D eigenvalue weighted by Gasteiger charge is -2.24. The van der Waals surface area contributed by atoms with Crippen LogP contribution in [0.5, 0.6) is 0 Å². The molecule has 1 atom stereocenters. The zero-order valence-corrected chi connectivity index (χ0v) is 12.6. The fraction of sp³-hybridized carbons (Fsp3) is 0.471. The Kier molecular flexibility index (Phi) is 3.62. The number of rotatable bonds is 3. The third-order valence-electron chi connectivity index (χ3n) is 4.38. The standard InChI is InChI=1S/C17H23N3/c1-13-17(12-19(3)18-13)16-8-6-7-15(11-16)14(2)20-9-4-5-10-20/h6-8,11-12,14H,4-5,9-10H2,1-3H3/t14-/m0/s1. The smallest absolute Gasteiger partial charge is 0.0671 e. The SMILES string of the molecule is Cc1nn(C)cc1-c1cccc([C@H](C)N2CCCC2)c1. The van der Waals surface area contributed by atoms with Gasteiger partial charge in [0.25, 0.3) is 0 Å². The Hall–Kier alpha value is -1.61. The highest BCUT2D eigenvalue weighted by atomic mass is 15.2. The fourth-order valence-corrected chi connectivity index (χ4v) is 3.19. The number of aromatic nitrogens is 2. The van der Waals surface area contributed by atoms with Gasteiger partial charge >= 0.3 is 0 Å². The number of nitrogens with zero attached hydrogens (tertiary/aromatic N) is 3. The molecule has 0 spiro atoms. The molecule has 0 aliphatic carbocycles. The molecule has 106 valence electrons. The molecular formula is C17H23N3. The van der Waals surface area contributed by atoms with E-state index in [2.05, 4.69) is 54.3 Å². The van der Waals surface area contributed by atoms with Gasteiger partial charge in [-0.05, 0) is 57.0 Å². The van der Waals surface area contributed by atoms with Gasteiger partial charge in [-0.3, -0.25) is 9.58 Å². The second-order valence-corrected chi connectivity index (χ2v) is 5.85. The second-order valence-electron chi connectivity index (χ2n) is 5.85. The minimum Gasteiger partial charge on any atom is -0.297 e. The van der Waals surface area contributed by atoms with Gasteiger partial charge < -0.3 is 0 Å². The summed E-state index contributed by atoms with van der Waals surface area (Å²) < 4.78 is 1.89. The van der Waals surface area contributed by atoms with Crippen LogP contribution in [-0.2, 0) is 7.05 Å². The Bertz CT molecular complexity index is 594. The van der Waals surface area contributed by atoms with Crippen LogP contribution in [0.3, 0.4) is 0 Å². The van der Waals surface area contributed by atoms with Crippen LogP contribution in [0, 0.1) is 6.92 Å². The predicted molar refractivity (Wildman–Crippen MR) is 82.6 cm³/mol. The van der Waals surface area contributed by atoms with Crippen LogP contribution < -0.4 is 0 Å². The van der Waals surface area contributed by atoms with E-state index in [9.17, 15) is 0 Å². The maximum atomic E-state index is 4.45. The molecule has 1 aliphatic heterocycles. The first kappa shape index (κ1) is 13.4. The summed E-state index contributed by atoms with van der Waals surface area (Å²) in [5.74, 6) is 0. The first-order valence-electron chi connectivity index (χ1n) is 7.50. The Morgan fingerprint density at radius 1 is 1.20 bits per heavy atom. The van der Waals surface area contributed by atoms with Gasteiger partial charge in [-0.1, -0.05) is 18.2 Å². The summed E-state index contributed by atoms with van der Waals surface area (Å²) >= 11 is 0. The highest BCUT2D eigenvalue weighted by Gasteiger charge is 2.19. The van der Waals surface area contributed by atoms with Crippen LogP contribution >= 0.6 is 0 Å². The van der Waals surface area contributed by atoms with E-state index in [-0.39, 0.29) is 0 Å². The summed E-state index contributed by atoms with van der Waals surface area (Å²) in [4.78, 5) is 2.58. The molecule has 1 saturated heterocycles. The van der Waals surface area contributed by atoms with Crippen molar-refractivity contribution < 1.29 is 0 Å². The molecule has 1 fully saturated rings. The molecular weight excluding hydrogens is 246 g/mol. The molecule has 1 aromatic carbocycles. The number of aryl methyl sites for hydroxylation is 2. The van der Waals surface area contributed by atoms with Gasteiger partial charge in [0.2, 0.25) is 0 Å². The topological polar surface area (TPSA) is 21.1 Å². The summed E-state index contributed by atoms with van der Waals surface area (Å²) in [7, 11) is 1.98. The van der Waals surface area contributed by atoms with Crippen molar-refractivity contribution in [2.24, 2.45) is 7.05 Å².